The number of amides is 1. The normalized spacial score (nSPS) is 12.9. The van der Waals surface area contributed by atoms with Crippen LogP contribution in [0, 0.1) is 0 Å². The number of hydrogen-bond donors (Lipinski definition) is 2. The maximum absolute atomic E-state index is 12.9. The minimum Gasteiger partial charge on any atom is -0.480 e. The molecule has 0 radical (unpaired) electrons. The number of carbonyl (C=O) groups is 1. The van der Waals surface area contributed by atoms with Crippen molar-refractivity contribution in [3.63, 3.8) is 0 Å². The van der Waals surface area contributed by atoms with Crippen LogP contribution in [-0.2, 0) is 17.6 Å². The molecule has 0 bridgehead atoms. The average Bonchev–Trinajstić information content (AvgIpc) is 2.38. The van der Waals surface area contributed by atoms with E-state index in [1.807, 2.05) is 0 Å². The van der Waals surface area contributed by atoms with Crippen LogP contribution in [0.5, 0.6) is 5.75 Å². The lowest BCUT2D eigenvalue weighted by atomic mass is 10.1. The molecule has 2 N–H and O–H groups in total. The standard InChI is InChI=1S/C13H16F3NO3/c1-3-17-12(19)8(2)20-11-5-4-9(7-18)6-10(11)13(14,15)16/h4-6,8,18H,3,7H2,1-2H3,(H,17,19). The molecule has 0 saturated carbocycles. The maximum atomic E-state index is 12.9. The molecule has 1 unspecified atom stereocenters. The van der Waals surface area contributed by atoms with Gasteiger partial charge in [-0.1, -0.05) is 6.07 Å². The Morgan fingerprint density at radius 1 is 1.45 bits per heavy atom. The van der Waals surface area contributed by atoms with Crippen LogP contribution in [0.15, 0.2) is 18.2 Å². The zero-order valence-electron chi connectivity index (χ0n) is 11.1. The summed E-state index contributed by atoms with van der Waals surface area (Å²) in [4.78, 5) is 11.5. The van der Waals surface area contributed by atoms with Crippen molar-refractivity contribution in [1.29, 1.82) is 0 Å². The van der Waals surface area contributed by atoms with Crippen LogP contribution >= 0.6 is 0 Å². The molecule has 1 amide bonds. The first-order chi connectivity index (χ1) is 9.29. The number of nitrogens with one attached hydrogen (secondary N) is 1. The molecule has 0 saturated heterocycles. The van der Waals surface area contributed by atoms with E-state index < -0.39 is 36.1 Å². The Kier molecular flexibility index (Phi) is 5.38. The van der Waals surface area contributed by atoms with E-state index in [9.17, 15) is 18.0 Å². The number of carbonyl (C=O) groups excluding carboxylic acids is 1. The fourth-order valence-corrected chi connectivity index (χ4v) is 1.56. The summed E-state index contributed by atoms with van der Waals surface area (Å²) in [5.41, 5.74) is -0.893. The van der Waals surface area contributed by atoms with Gasteiger partial charge in [0.1, 0.15) is 5.75 Å². The third-order valence-corrected chi connectivity index (χ3v) is 2.56. The Morgan fingerprint density at radius 2 is 2.10 bits per heavy atom. The molecule has 4 nitrogen and oxygen atoms in total. The molecule has 0 aliphatic carbocycles. The molecule has 7 heteroatoms. The lowest BCUT2D eigenvalue weighted by Crippen LogP contribution is -2.36. The van der Waals surface area contributed by atoms with E-state index in [1.54, 1.807) is 6.92 Å². The van der Waals surface area contributed by atoms with Crippen molar-refractivity contribution in [3.05, 3.63) is 29.3 Å². The molecule has 0 aliphatic rings. The maximum Gasteiger partial charge on any atom is 0.419 e. The van der Waals surface area contributed by atoms with Gasteiger partial charge in [0.2, 0.25) is 0 Å². The molecule has 0 heterocycles. The zero-order chi connectivity index (χ0) is 15.3. The van der Waals surface area contributed by atoms with E-state index in [2.05, 4.69) is 5.32 Å². The van der Waals surface area contributed by atoms with Gasteiger partial charge in [-0.15, -0.1) is 0 Å². The van der Waals surface area contributed by atoms with E-state index in [1.165, 1.54) is 13.0 Å². The largest absolute Gasteiger partial charge is 0.480 e. The highest BCUT2D eigenvalue weighted by Gasteiger charge is 2.35. The average molecular weight is 291 g/mol. The summed E-state index contributed by atoms with van der Waals surface area (Å²) in [7, 11) is 0. The Labute approximate surface area is 114 Å². The third kappa shape index (κ3) is 4.12. The Balaban J connectivity index is 3.03. The fraction of sp³-hybridized carbons (Fsp3) is 0.462. The van der Waals surface area contributed by atoms with Crippen molar-refractivity contribution in [2.75, 3.05) is 6.54 Å². The topological polar surface area (TPSA) is 58.6 Å². The van der Waals surface area contributed by atoms with E-state index in [0.29, 0.717) is 6.54 Å². The Hall–Kier alpha value is -1.76. The van der Waals surface area contributed by atoms with Gasteiger partial charge in [-0.3, -0.25) is 4.79 Å². The summed E-state index contributed by atoms with van der Waals surface area (Å²) in [5.74, 6) is -0.930. The van der Waals surface area contributed by atoms with Crippen LogP contribution in [0.1, 0.15) is 25.0 Å². The summed E-state index contributed by atoms with van der Waals surface area (Å²) in [6.07, 6.45) is -5.67. The van der Waals surface area contributed by atoms with Crippen LogP contribution in [-0.4, -0.2) is 23.7 Å². The molecule has 1 rings (SSSR count). The van der Waals surface area contributed by atoms with Crippen LogP contribution in [0.25, 0.3) is 0 Å². The van der Waals surface area contributed by atoms with Crippen LogP contribution in [0.4, 0.5) is 13.2 Å². The Morgan fingerprint density at radius 3 is 2.60 bits per heavy atom. The molecule has 1 atom stereocenters. The highest BCUT2D eigenvalue weighted by Crippen LogP contribution is 2.37. The quantitative estimate of drug-likeness (QED) is 0.873. The van der Waals surface area contributed by atoms with Crippen molar-refractivity contribution >= 4 is 5.91 Å². The van der Waals surface area contributed by atoms with Gasteiger partial charge in [-0.25, -0.2) is 0 Å². The number of alkyl halides is 3. The van der Waals surface area contributed by atoms with Gasteiger partial charge in [-0.05, 0) is 31.5 Å². The monoisotopic (exact) mass is 291 g/mol. The summed E-state index contributed by atoms with van der Waals surface area (Å²) < 4.78 is 43.8. The number of likely N-dealkylation sites (N-methyl/N-ethyl adjacent to an activating group) is 1. The van der Waals surface area contributed by atoms with Crippen molar-refractivity contribution in [2.45, 2.75) is 32.7 Å². The number of aliphatic hydroxyl groups excluding tert-OH is 1. The predicted molar refractivity (Wildman–Crippen MR) is 66.1 cm³/mol. The molecule has 112 valence electrons. The summed E-state index contributed by atoms with van der Waals surface area (Å²) in [6.45, 7) is 2.92. The van der Waals surface area contributed by atoms with Crippen LogP contribution in [0.2, 0.25) is 0 Å². The molecule has 0 aromatic heterocycles. The molecule has 1 aromatic carbocycles. The SMILES string of the molecule is CCNC(=O)C(C)Oc1ccc(CO)cc1C(F)(F)F. The first-order valence-electron chi connectivity index (χ1n) is 6.05. The number of ether oxygens (including phenoxy) is 1. The van der Waals surface area contributed by atoms with Crippen molar-refractivity contribution < 1.29 is 27.8 Å². The molecule has 0 aliphatic heterocycles. The van der Waals surface area contributed by atoms with Crippen molar-refractivity contribution in [1.82, 2.24) is 5.32 Å². The first-order valence-corrected chi connectivity index (χ1v) is 6.05. The predicted octanol–water partition coefficient (Wildman–Crippen LogP) is 2.10. The molecule has 20 heavy (non-hydrogen) atoms. The van der Waals surface area contributed by atoms with Gasteiger partial charge in [0.15, 0.2) is 6.10 Å². The molecular weight excluding hydrogens is 275 g/mol. The van der Waals surface area contributed by atoms with E-state index in [0.717, 1.165) is 12.1 Å². The van der Waals surface area contributed by atoms with Gasteiger partial charge in [0.05, 0.1) is 12.2 Å². The van der Waals surface area contributed by atoms with Gasteiger partial charge >= 0.3 is 6.18 Å². The van der Waals surface area contributed by atoms with Crippen LogP contribution in [0.3, 0.4) is 0 Å². The number of benzene rings is 1. The molecule has 1 aromatic rings. The molecule has 0 fully saturated rings. The number of rotatable bonds is 5. The van der Waals surface area contributed by atoms with E-state index in [4.69, 9.17) is 9.84 Å². The van der Waals surface area contributed by atoms with Crippen molar-refractivity contribution in [2.24, 2.45) is 0 Å². The van der Waals surface area contributed by atoms with Crippen molar-refractivity contribution in [3.8, 4) is 5.75 Å². The second kappa shape index (κ2) is 6.60. The summed E-state index contributed by atoms with van der Waals surface area (Å²) in [6, 6.07) is 3.22. The Bertz CT molecular complexity index is 474. The zero-order valence-corrected chi connectivity index (χ0v) is 11.1. The second-order valence-electron chi connectivity index (χ2n) is 4.14. The number of aliphatic hydroxyl groups is 1. The smallest absolute Gasteiger partial charge is 0.419 e. The highest BCUT2D eigenvalue weighted by molar-refractivity contribution is 5.80. The van der Waals surface area contributed by atoms with E-state index >= 15 is 0 Å². The van der Waals surface area contributed by atoms with Crippen LogP contribution < -0.4 is 10.1 Å². The van der Waals surface area contributed by atoms with E-state index in [-0.39, 0.29) is 5.56 Å². The third-order valence-electron chi connectivity index (χ3n) is 2.56. The summed E-state index contributed by atoms with van der Waals surface area (Å²) >= 11 is 0. The number of halogens is 3. The molecular formula is C13H16F3NO3. The van der Waals surface area contributed by atoms with Gasteiger partial charge in [0, 0.05) is 6.54 Å². The summed E-state index contributed by atoms with van der Waals surface area (Å²) in [5, 5.41) is 11.3. The fourth-order valence-electron chi connectivity index (χ4n) is 1.56. The lowest BCUT2D eigenvalue weighted by molar-refractivity contribution is -0.140. The second-order valence-corrected chi connectivity index (χ2v) is 4.14. The lowest BCUT2D eigenvalue weighted by Gasteiger charge is -2.18. The minimum atomic E-state index is -4.62. The minimum absolute atomic E-state index is 0.121. The molecule has 0 spiro atoms. The van der Waals surface area contributed by atoms with Gasteiger partial charge in [-0.2, -0.15) is 13.2 Å². The first kappa shape index (κ1) is 16.3. The van der Waals surface area contributed by atoms with Gasteiger partial charge < -0.3 is 15.2 Å². The number of hydrogen-bond acceptors (Lipinski definition) is 3. The highest BCUT2D eigenvalue weighted by atomic mass is 19.4. The van der Waals surface area contributed by atoms with Gasteiger partial charge in [0.25, 0.3) is 5.91 Å².